The van der Waals surface area contributed by atoms with E-state index in [9.17, 15) is 0 Å². The van der Waals surface area contributed by atoms with E-state index in [2.05, 4.69) is 32.9 Å². The van der Waals surface area contributed by atoms with Crippen molar-refractivity contribution in [3.05, 3.63) is 42.7 Å². The van der Waals surface area contributed by atoms with Crippen LogP contribution in [0.25, 0.3) is 5.65 Å². The monoisotopic (exact) mass is 199 g/mol. The van der Waals surface area contributed by atoms with Gasteiger partial charge in [-0.1, -0.05) is 18.2 Å². The van der Waals surface area contributed by atoms with E-state index in [1.54, 1.807) is 0 Å². The Morgan fingerprint density at radius 3 is 3.00 bits per heavy atom. The Kier molecular flexibility index (Phi) is 1.95. The minimum absolute atomic E-state index is 0.540. The van der Waals surface area contributed by atoms with Crippen molar-refractivity contribution in [2.24, 2.45) is 0 Å². The summed E-state index contributed by atoms with van der Waals surface area (Å²) in [6, 6.07) is 6.68. The average Bonchev–Trinajstić information content (AvgIpc) is 2.87. The van der Waals surface area contributed by atoms with E-state index in [0.29, 0.717) is 6.04 Å². The molecule has 0 saturated carbocycles. The summed E-state index contributed by atoms with van der Waals surface area (Å²) in [5.74, 6) is 1.12. The van der Waals surface area contributed by atoms with Crippen LogP contribution in [-0.4, -0.2) is 15.4 Å². The van der Waals surface area contributed by atoms with Crippen LogP contribution in [0.3, 0.4) is 0 Å². The SMILES string of the molecule is C1=CCC(Nc2cccc3nccn23)C1. The Balaban J connectivity index is 1.92. The van der Waals surface area contributed by atoms with Crippen molar-refractivity contribution in [1.29, 1.82) is 0 Å². The molecule has 2 heterocycles. The lowest BCUT2D eigenvalue weighted by Gasteiger charge is -2.14. The largest absolute Gasteiger partial charge is 0.368 e. The summed E-state index contributed by atoms with van der Waals surface area (Å²) in [4.78, 5) is 4.26. The van der Waals surface area contributed by atoms with Gasteiger partial charge in [0.15, 0.2) is 0 Å². The average molecular weight is 199 g/mol. The molecule has 15 heavy (non-hydrogen) atoms. The highest BCUT2D eigenvalue weighted by Crippen LogP contribution is 2.17. The Bertz CT molecular complexity index is 490. The van der Waals surface area contributed by atoms with Gasteiger partial charge in [0.05, 0.1) is 0 Å². The molecule has 2 aromatic heterocycles. The number of hydrogen-bond acceptors (Lipinski definition) is 2. The van der Waals surface area contributed by atoms with Gasteiger partial charge in [0.25, 0.3) is 0 Å². The van der Waals surface area contributed by atoms with Crippen molar-refractivity contribution >= 4 is 11.5 Å². The molecule has 1 aliphatic carbocycles. The van der Waals surface area contributed by atoms with Gasteiger partial charge in [0.1, 0.15) is 11.5 Å². The molecular formula is C12H13N3. The van der Waals surface area contributed by atoms with Gasteiger partial charge in [-0.2, -0.15) is 0 Å². The number of rotatable bonds is 2. The third-order valence-corrected chi connectivity index (χ3v) is 2.79. The van der Waals surface area contributed by atoms with Crippen LogP contribution in [-0.2, 0) is 0 Å². The fourth-order valence-electron chi connectivity index (χ4n) is 2.01. The first-order chi connectivity index (χ1) is 7.43. The second-order valence-corrected chi connectivity index (χ2v) is 3.85. The van der Waals surface area contributed by atoms with Gasteiger partial charge in [-0.25, -0.2) is 4.98 Å². The number of aromatic nitrogens is 2. The predicted octanol–water partition coefficient (Wildman–Crippen LogP) is 2.46. The third-order valence-electron chi connectivity index (χ3n) is 2.79. The minimum atomic E-state index is 0.540. The molecule has 3 heteroatoms. The maximum absolute atomic E-state index is 4.26. The molecule has 0 spiro atoms. The van der Waals surface area contributed by atoms with Gasteiger partial charge in [0, 0.05) is 18.4 Å². The standard InChI is InChI=1S/C12H13N3/c1-2-5-10(4-1)14-12-7-3-6-11-13-8-9-15(11)12/h1-3,6-10,14H,4-5H2. The Morgan fingerprint density at radius 1 is 1.27 bits per heavy atom. The van der Waals surface area contributed by atoms with Crippen molar-refractivity contribution in [2.45, 2.75) is 18.9 Å². The lowest BCUT2D eigenvalue weighted by Crippen LogP contribution is -2.16. The van der Waals surface area contributed by atoms with E-state index in [1.165, 1.54) is 0 Å². The fourth-order valence-corrected chi connectivity index (χ4v) is 2.01. The summed E-state index contributed by atoms with van der Waals surface area (Å²) in [7, 11) is 0. The normalized spacial score (nSPS) is 16.3. The lowest BCUT2D eigenvalue weighted by atomic mass is 10.2. The summed E-state index contributed by atoms with van der Waals surface area (Å²) in [5, 5.41) is 3.53. The second kappa shape index (κ2) is 3.42. The van der Waals surface area contributed by atoms with Crippen LogP contribution < -0.4 is 5.32 Å². The van der Waals surface area contributed by atoms with Crippen LogP contribution in [0.5, 0.6) is 0 Å². The zero-order chi connectivity index (χ0) is 10.1. The van der Waals surface area contributed by atoms with Gasteiger partial charge in [0.2, 0.25) is 0 Å². The highest BCUT2D eigenvalue weighted by Gasteiger charge is 2.10. The number of nitrogens with one attached hydrogen (secondary N) is 1. The fraction of sp³-hybridized carbons (Fsp3) is 0.250. The van der Waals surface area contributed by atoms with E-state index in [1.807, 2.05) is 24.5 Å². The van der Waals surface area contributed by atoms with Gasteiger partial charge in [-0.05, 0) is 25.0 Å². The van der Waals surface area contributed by atoms with Crippen molar-refractivity contribution in [2.75, 3.05) is 5.32 Å². The zero-order valence-electron chi connectivity index (χ0n) is 8.43. The number of imidazole rings is 1. The Morgan fingerprint density at radius 2 is 2.13 bits per heavy atom. The quantitative estimate of drug-likeness (QED) is 0.753. The van der Waals surface area contributed by atoms with E-state index >= 15 is 0 Å². The summed E-state index contributed by atoms with van der Waals surface area (Å²) in [6.07, 6.45) is 10.5. The molecule has 0 unspecified atom stereocenters. The molecule has 76 valence electrons. The van der Waals surface area contributed by atoms with Gasteiger partial charge in [-0.3, -0.25) is 4.40 Å². The molecule has 0 aliphatic heterocycles. The molecule has 1 N–H and O–H groups in total. The summed E-state index contributed by atoms with van der Waals surface area (Å²) in [5.41, 5.74) is 0.992. The third kappa shape index (κ3) is 1.50. The number of anilines is 1. The Labute approximate surface area is 88.4 Å². The molecule has 0 bridgehead atoms. The second-order valence-electron chi connectivity index (χ2n) is 3.85. The first-order valence-corrected chi connectivity index (χ1v) is 5.27. The van der Waals surface area contributed by atoms with Crippen molar-refractivity contribution in [3.63, 3.8) is 0 Å². The molecule has 0 fully saturated rings. The van der Waals surface area contributed by atoms with Gasteiger partial charge in [-0.15, -0.1) is 0 Å². The summed E-state index contributed by atoms with van der Waals surface area (Å²) < 4.78 is 2.08. The highest BCUT2D eigenvalue weighted by molar-refractivity contribution is 5.50. The topological polar surface area (TPSA) is 29.3 Å². The number of nitrogens with zero attached hydrogens (tertiary/aromatic N) is 2. The maximum Gasteiger partial charge on any atom is 0.138 e. The predicted molar refractivity (Wildman–Crippen MR) is 61.0 cm³/mol. The van der Waals surface area contributed by atoms with E-state index in [0.717, 1.165) is 24.3 Å². The van der Waals surface area contributed by atoms with Gasteiger partial charge < -0.3 is 5.32 Å². The first kappa shape index (κ1) is 8.53. The first-order valence-electron chi connectivity index (χ1n) is 5.27. The molecule has 3 nitrogen and oxygen atoms in total. The van der Waals surface area contributed by atoms with Crippen LogP contribution in [0.2, 0.25) is 0 Å². The molecule has 0 aromatic carbocycles. The van der Waals surface area contributed by atoms with E-state index in [-0.39, 0.29) is 0 Å². The molecule has 0 amide bonds. The van der Waals surface area contributed by atoms with Crippen molar-refractivity contribution in [3.8, 4) is 0 Å². The minimum Gasteiger partial charge on any atom is -0.368 e. The van der Waals surface area contributed by atoms with Gasteiger partial charge >= 0.3 is 0 Å². The van der Waals surface area contributed by atoms with Crippen molar-refractivity contribution in [1.82, 2.24) is 9.38 Å². The maximum atomic E-state index is 4.26. The number of fused-ring (bicyclic) bond motifs is 1. The van der Waals surface area contributed by atoms with Crippen LogP contribution in [0.15, 0.2) is 42.7 Å². The van der Waals surface area contributed by atoms with Crippen LogP contribution in [0.4, 0.5) is 5.82 Å². The zero-order valence-corrected chi connectivity index (χ0v) is 8.43. The molecule has 2 aromatic rings. The molecule has 1 aliphatic rings. The van der Waals surface area contributed by atoms with Crippen molar-refractivity contribution < 1.29 is 0 Å². The molecule has 0 saturated heterocycles. The van der Waals surface area contributed by atoms with Crippen LogP contribution in [0.1, 0.15) is 12.8 Å². The molecular weight excluding hydrogens is 186 g/mol. The Hall–Kier alpha value is -1.77. The highest BCUT2D eigenvalue weighted by atomic mass is 15.1. The molecule has 0 atom stereocenters. The van der Waals surface area contributed by atoms with Crippen LogP contribution in [0, 0.1) is 0 Å². The smallest absolute Gasteiger partial charge is 0.138 e. The summed E-state index contributed by atoms with van der Waals surface area (Å²) >= 11 is 0. The number of hydrogen-bond donors (Lipinski definition) is 1. The van der Waals surface area contributed by atoms with Crippen LogP contribution >= 0.6 is 0 Å². The lowest BCUT2D eigenvalue weighted by molar-refractivity contribution is 0.778. The van der Waals surface area contributed by atoms with E-state index < -0.39 is 0 Å². The molecule has 0 radical (unpaired) electrons. The molecule has 3 rings (SSSR count). The summed E-state index contributed by atoms with van der Waals surface area (Å²) in [6.45, 7) is 0. The van der Waals surface area contributed by atoms with E-state index in [4.69, 9.17) is 0 Å². The number of pyridine rings is 1.